The summed E-state index contributed by atoms with van der Waals surface area (Å²) in [6, 6.07) is 1.82. The lowest BCUT2D eigenvalue weighted by molar-refractivity contribution is -0.118. The lowest BCUT2D eigenvalue weighted by Crippen LogP contribution is -2.29. The van der Waals surface area contributed by atoms with Crippen LogP contribution in [0.2, 0.25) is 0 Å². The largest absolute Gasteiger partial charge is 0.383 e. The van der Waals surface area contributed by atoms with Gasteiger partial charge in [-0.2, -0.15) is 0 Å². The molecule has 0 bridgehead atoms. The fourth-order valence-corrected chi connectivity index (χ4v) is 3.46. The summed E-state index contributed by atoms with van der Waals surface area (Å²) < 4.78 is 7.13. The van der Waals surface area contributed by atoms with Crippen LogP contribution in [0.1, 0.15) is 6.92 Å². The van der Waals surface area contributed by atoms with E-state index in [1.165, 1.54) is 23.1 Å². The quantitative estimate of drug-likeness (QED) is 0.472. The zero-order valence-electron chi connectivity index (χ0n) is 11.9. The van der Waals surface area contributed by atoms with Gasteiger partial charge in [-0.1, -0.05) is 11.8 Å². The van der Waals surface area contributed by atoms with Crippen molar-refractivity contribution >= 4 is 39.2 Å². The van der Waals surface area contributed by atoms with E-state index in [0.29, 0.717) is 35.1 Å². The monoisotopic (exact) mass is 327 g/mol. The molecule has 6 nitrogen and oxygen atoms in total. The smallest absolute Gasteiger partial charge is 0.272 e. The Morgan fingerprint density at radius 1 is 1.57 bits per heavy atom. The van der Waals surface area contributed by atoms with Crippen molar-refractivity contribution in [3.8, 4) is 0 Å². The average Bonchev–Trinajstić information content (AvgIpc) is 2.94. The molecule has 0 aliphatic rings. The van der Waals surface area contributed by atoms with E-state index >= 15 is 0 Å². The number of nitrogens with zero attached hydrogens (tertiary/aromatic N) is 2. The number of hydrogen-bond donors (Lipinski definition) is 1. The van der Waals surface area contributed by atoms with Crippen molar-refractivity contribution in [1.29, 1.82) is 0 Å². The Hall–Kier alpha value is -1.38. The van der Waals surface area contributed by atoms with Crippen LogP contribution in [0.5, 0.6) is 0 Å². The van der Waals surface area contributed by atoms with E-state index in [2.05, 4.69) is 10.3 Å². The minimum absolute atomic E-state index is 0.0419. The summed E-state index contributed by atoms with van der Waals surface area (Å²) in [6.45, 7) is 3.39. The predicted octanol–water partition coefficient (Wildman–Crippen LogP) is 1.33. The zero-order valence-corrected chi connectivity index (χ0v) is 13.6. The molecule has 2 rings (SSSR count). The van der Waals surface area contributed by atoms with Crippen LogP contribution >= 0.6 is 23.1 Å². The van der Waals surface area contributed by atoms with Gasteiger partial charge in [0.2, 0.25) is 5.91 Å². The predicted molar refractivity (Wildman–Crippen MR) is 85.2 cm³/mol. The van der Waals surface area contributed by atoms with E-state index in [9.17, 15) is 9.59 Å². The lowest BCUT2D eigenvalue weighted by atomic mass is 10.5. The molecule has 2 heterocycles. The van der Waals surface area contributed by atoms with Gasteiger partial charge in [0.15, 0.2) is 5.16 Å². The molecule has 0 saturated heterocycles. The highest BCUT2D eigenvalue weighted by Crippen LogP contribution is 2.20. The van der Waals surface area contributed by atoms with E-state index < -0.39 is 0 Å². The number of methoxy groups -OCH3 is 1. The Balaban J connectivity index is 2.11. The third-order valence-corrected chi connectivity index (χ3v) is 4.68. The highest BCUT2D eigenvalue weighted by molar-refractivity contribution is 7.99. The summed E-state index contributed by atoms with van der Waals surface area (Å²) in [4.78, 5) is 28.5. The van der Waals surface area contributed by atoms with Crippen molar-refractivity contribution in [2.45, 2.75) is 18.6 Å². The number of hydrogen-bond acceptors (Lipinski definition) is 6. The molecule has 0 aliphatic carbocycles. The second-order valence-corrected chi connectivity index (χ2v) is 6.07. The van der Waals surface area contributed by atoms with Crippen molar-refractivity contribution in [2.24, 2.45) is 0 Å². The molecule has 0 saturated carbocycles. The highest BCUT2D eigenvalue weighted by Gasteiger charge is 2.12. The molecule has 1 N–H and O–H groups in total. The molecule has 0 spiro atoms. The first-order chi connectivity index (χ1) is 10.2. The van der Waals surface area contributed by atoms with Crippen LogP contribution < -0.4 is 10.9 Å². The molecule has 0 fully saturated rings. The molecule has 1 amide bonds. The van der Waals surface area contributed by atoms with Gasteiger partial charge in [0.1, 0.15) is 4.70 Å². The maximum absolute atomic E-state index is 12.3. The molecule has 0 aliphatic heterocycles. The van der Waals surface area contributed by atoms with Crippen LogP contribution in [0.4, 0.5) is 0 Å². The Labute approximate surface area is 130 Å². The first-order valence-corrected chi connectivity index (χ1v) is 8.40. The van der Waals surface area contributed by atoms with Crippen LogP contribution in [-0.2, 0) is 16.1 Å². The Bertz CT molecular complexity index is 681. The topological polar surface area (TPSA) is 73.2 Å². The van der Waals surface area contributed by atoms with Crippen LogP contribution in [0.3, 0.4) is 0 Å². The summed E-state index contributed by atoms with van der Waals surface area (Å²) in [5.74, 6) is 0.130. The van der Waals surface area contributed by atoms with Gasteiger partial charge in [0.05, 0.1) is 17.9 Å². The number of thiophene rings is 1. The van der Waals surface area contributed by atoms with Crippen LogP contribution in [0.15, 0.2) is 21.4 Å². The lowest BCUT2D eigenvalue weighted by Gasteiger charge is -2.09. The Morgan fingerprint density at radius 3 is 3.10 bits per heavy atom. The minimum atomic E-state index is -0.0978. The minimum Gasteiger partial charge on any atom is -0.383 e. The van der Waals surface area contributed by atoms with Gasteiger partial charge in [-0.25, -0.2) is 4.98 Å². The number of ether oxygens (including phenoxy) is 1. The van der Waals surface area contributed by atoms with Crippen LogP contribution in [0, 0.1) is 0 Å². The maximum atomic E-state index is 12.3. The normalized spacial score (nSPS) is 11.0. The molecule has 0 aromatic carbocycles. The number of rotatable bonds is 7. The number of amides is 1. The molecule has 0 radical (unpaired) electrons. The number of fused-ring (bicyclic) bond motifs is 1. The maximum Gasteiger partial charge on any atom is 0.272 e. The average molecular weight is 327 g/mol. The fourth-order valence-electron chi connectivity index (χ4n) is 1.79. The Morgan fingerprint density at radius 2 is 2.38 bits per heavy atom. The number of aromatic nitrogens is 2. The van der Waals surface area contributed by atoms with E-state index in [-0.39, 0.29) is 17.2 Å². The summed E-state index contributed by atoms with van der Waals surface area (Å²) in [6.07, 6.45) is 0. The Kier molecular flexibility index (Phi) is 5.77. The summed E-state index contributed by atoms with van der Waals surface area (Å²) in [7, 11) is 1.58. The van der Waals surface area contributed by atoms with E-state index in [0.717, 1.165) is 0 Å². The molecule has 114 valence electrons. The molecule has 2 aromatic heterocycles. The van der Waals surface area contributed by atoms with E-state index in [4.69, 9.17) is 4.74 Å². The van der Waals surface area contributed by atoms with Gasteiger partial charge in [-0.3, -0.25) is 14.2 Å². The molecule has 8 heteroatoms. The van der Waals surface area contributed by atoms with Gasteiger partial charge in [0, 0.05) is 20.2 Å². The zero-order chi connectivity index (χ0) is 15.2. The van der Waals surface area contributed by atoms with Crippen LogP contribution in [0.25, 0.3) is 10.2 Å². The van der Waals surface area contributed by atoms with Gasteiger partial charge < -0.3 is 10.1 Å². The second kappa shape index (κ2) is 7.58. The molecular weight excluding hydrogens is 310 g/mol. The number of carbonyl (C=O) groups excluding carboxylic acids is 1. The molecule has 2 aromatic rings. The molecule has 0 unspecified atom stereocenters. The van der Waals surface area contributed by atoms with Gasteiger partial charge in [-0.05, 0) is 18.4 Å². The molecule has 21 heavy (non-hydrogen) atoms. The number of carbonyl (C=O) groups is 1. The first-order valence-electron chi connectivity index (χ1n) is 6.53. The van der Waals surface area contributed by atoms with E-state index in [1.807, 2.05) is 18.4 Å². The summed E-state index contributed by atoms with van der Waals surface area (Å²) in [5.41, 5.74) is 0.650. The third kappa shape index (κ3) is 3.84. The van der Waals surface area contributed by atoms with Crippen molar-refractivity contribution < 1.29 is 9.53 Å². The van der Waals surface area contributed by atoms with Crippen molar-refractivity contribution in [2.75, 3.05) is 26.0 Å². The van der Waals surface area contributed by atoms with Gasteiger partial charge in [-0.15, -0.1) is 11.3 Å². The molecular formula is C13H17N3O3S2. The second-order valence-electron chi connectivity index (χ2n) is 4.21. The van der Waals surface area contributed by atoms with E-state index in [1.54, 1.807) is 11.7 Å². The van der Waals surface area contributed by atoms with Gasteiger partial charge in [0.25, 0.3) is 5.56 Å². The molecule has 0 atom stereocenters. The van der Waals surface area contributed by atoms with Crippen molar-refractivity contribution in [3.63, 3.8) is 0 Å². The first kappa shape index (κ1) is 16.0. The summed E-state index contributed by atoms with van der Waals surface area (Å²) >= 11 is 2.67. The standard InChI is InChI=1S/C13H17N3O3S2/c1-3-16-12(18)11-9(4-7-20-11)15-13(16)21-8-10(17)14-5-6-19-2/h4,7H,3,5-6,8H2,1-2H3,(H,14,17). The van der Waals surface area contributed by atoms with Crippen molar-refractivity contribution in [3.05, 3.63) is 21.8 Å². The van der Waals surface area contributed by atoms with Crippen LogP contribution in [-0.4, -0.2) is 41.5 Å². The van der Waals surface area contributed by atoms with Crippen molar-refractivity contribution in [1.82, 2.24) is 14.9 Å². The third-order valence-electron chi connectivity index (χ3n) is 2.81. The number of nitrogens with one attached hydrogen (secondary N) is 1. The van der Waals surface area contributed by atoms with Gasteiger partial charge >= 0.3 is 0 Å². The fraction of sp³-hybridized carbons (Fsp3) is 0.462. The SMILES string of the molecule is CCn1c(SCC(=O)NCCOC)nc2ccsc2c1=O. The highest BCUT2D eigenvalue weighted by atomic mass is 32.2. The number of thioether (sulfide) groups is 1. The summed E-state index contributed by atoms with van der Waals surface area (Å²) in [5, 5.41) is 5.17.